The van der Waals surface area contributed by atoms with Gasteiger partial charge in [0, 0.05) is 24.1 Å². The maximum absolute atomic E-state index is 3.67. The van der Waals surface area contributed by atoms with Gasteiger partial charge in [0.2, 0.25) is 0 Å². The van der Waals surface area contributed by atoms with Gasteiger partial charge < -0.3 is 0 Å². The van der Waals surface area contributed by atoms with Crippen molar-refractivity contribution < 1.29 is 0 Å². The Bertz CT molecular complexity index is 536. The summed E-state index contributed by atoms with van der Waals surface area (Å²) in [7, 11) is 0. The van der Waals surface area contributed by atoms with E-state index in [1.165, 1.54) is 21.2 Å². The third kappa shape index (κ3) is 2.50. The molecule has 0 amide bonds. The Labute approximate surface area is 117 Å². The molecule has 0 atom stereocenters. The molecule has 0 saturated carbocycles. The lowest BCUT2D eigenvalue weighted by molar-refractivity contribution is 0.245. The minimum atomic E-state index is 1.04. The van der Waals surface area contributed by atoms with Crippen molar-refractivity contribution in [3.8, 4) is 0 Å². The molecular formula is C16H16BrN. The van der Waals surface area contributed by atoms with Crippen LogP contribution in [0.5, 0.6) is 0 Å². The summed E-state index contributed by atoms with van der Waals surface area (Å²) >= 11 is 3.67. The predicted octanol–water partition coefficient (Wildman–Crippen LogP) is 4.01. The molecule has 0 fully saturated rings. The molecule has 0 aromatic heterocycles. The SMILES string of the molecule is Brc1cccc2c1CN(Cc1ccccc1)CC2. The molecule has 0 N–H and O–H groups in total. The lowest BCUT2D eigenvalue weighted by Gasteiger charge is -2.29. The monoisotopic (exact) mass is 301 g/mol. The highest BCUT2D eigenvalue weighted by atomic mass is 79.9. The summed E-state index contributed by atoms with van der Waals surface area (Å²) in [4.78, 5) is 2.52. The highest BCUT2D eigenvalue weighted by Gasteiger charge is 2.17. The van der Waals surface area contributed by atoms with Gasteiger partial charge in [-0.25, -0.2) is 0 Å². The van der Waals surface area contributed by atoms with Gasteiger partial charge >= 0.3 is 0 Å². The summed E-state index contributed by atoms with van der Waals surface area (Å²) in [5.41, 5.74) is 4.35. The summed E-state index contributed by atoms with van der Waals surface area (Å²) in [5.74, 6) is 0. The van der Waals surface area contributed by atoms with Crippen molar-refractivity contribution in [3.05, 3.63) is 69.7 Å². The van der Waals surface area contributed by atoms with Gasteiger partial charge in [-0.3, -0.25) is 4.90 Å². The van der Waals surface area contributed by atoms with E-state index in [9.17, 15) is 0 Å². The van der Waals surface area contributed by atoms with Crippen molar-refractivity contribution in [2.45, 2.75) is 19.5 Å². The highest BCUT2D eigenvalue weighted by Crippen LogP contribution is 2.27. The number of hydrogen-bond acceptors (Lipinski definition) is 1. The molecule has 0 radical (unpaired) electrons. The third-order valence-corrected chi connectivity index (χ3v) is 4.29. The van der Waals surface area contributed by atoms with E-state index in [0.29, 0.717) is 0 Å². The van der Waals surface area contributed by atoms with Gasteiger partial charge in [0.05, 0.1) is 0 Å². The maximum Gasteiger partial charge on any atom is 0.0251 e. The summed E-state index contributed by atoms with van der Waals surface area (Å²) < 4.78 is 1.25. The summed E-state index contributed by atoms with van der Waals surface area (Å²) in [6.45, 7) is 3.24. The second-order valence-corrected chi connectivity index (χ2v) is 5.68. The van der Waals surface area contributed by atoms with Gasteiger partial charge in [0.25, 0.3) is 0 Å². The van der Waals surface area contributed by atoms with Crippen LogP contribution in [0.15, 0.2) is 53.0 Å². The fourth-order valence-corrected chi connectivity index (χ4v) is 3.11. The van der Waals surface area contributed by atoms with E-state index in [2.05, 4.69) is 69.4 Å². The van der Waals surface area contributed by atoms with Crippen molar-refractivity contribution in [2.24, 2.45) is 0 Å². The summed E-state index contributed by atoms with van der Waals surface area (Å²) in [6.07, 6.45) is 1.15. The van der Waals surface area contributed by atoms with Crippen LogP contribution in [0.4, 0.5) is 0 Å². The first-order valence-corrected chi connectivity index (χ1v) is 7.15. The van der Waals surface area contributed by atoms with E-state index in [-0.39, 0.29) is 0 Å². The van der Waals surface area contributed by atoms with E-state index in [1.807, 2.05) is 0 Å². The van der Waals surface area contributed by atoms with E-state index >= 15 is 0 Å². The van der Waals surface area contributed by atoms with Crippen molar-refractivity contribution in [2.75, 3.05) is 6.54 Å². The molecule has 92 valence electrons. The number of halogens is 1. The van der Waals surface area contributed by atoms with Crippen molar-refractivity contribution in [3.63, 3.8) is 0 Å². The Balaban J connectivity index is 1.77. The zero-order chi connectivity index (χ0) is 12.4. The van der Waals surface area contributed by atoms with Gasteiger partial charge in [-0.2, -0.15) is 0 Å². The molecule has 1 aliphatic heterocycles. The van der Waals surface area contributed by atoms with Gasteiger partial charge in [0.15, 0.2) is 0 Å². The van der Waals surface area contributed by atoms with E-state index in [0.717, 1.165) is 26.1 Å². The van der Waals surface area contributed by atoms with E-state index < -0.39 is 0 Å². The molecule has 0 aliphatic carbocycles. The Morgan fingerprint density at radius 2 is 1.83 bits per heavy atom. The maximum atomic E-state index is 3.67. The first-order valence-electron chi connectivity index (χ1n) is 6.35. The first kappa shape index (κ1) is 11.9. The van der Waals surface area contributed by atoms with Crippen LogP contribution < -0.4 is 0 Å². The van der Waals surface area contributed by atoms with Crippen molar-refractivity contribution in [1.29, 1.82) is 0 Å². The standard InChI is InChI=1S/C16H16BrN/c17-16-8-4-7-14-9-10-18(12-15(14)16)11-13-5-2-1-3-6-13/h1-8H,9-12H2. The normalized spacial score (nSPS) is 15.4. The van der Waals surface area contributed by atoms with Gasteiger partial charge in [-0.1, -0.05) is 58.4 Å². The van der Waals surface area contributed by atoms with Crippen LogP contribution in [0.2, 0.25) is 0 Å². The minimum Gasteiger partial charge on any atom is -0.294 e. The van der Waals surface area contributed by atoms with Gasteiger partial charge in [0.1, 0.15) is 0 Å². The van der Waals surface area contributed by atoms with E-state index in [1.54, 1.807) is 0 Å². The van der Waals surface area contributed by atoms with Crippen LogP contribution in [-0.2, 0) is 19.5 Å². The number of rotatable bonds is 2. The van der Waals surface area contributed by atoms with Gasteiger partial charge in [-0.15, -0.1) is 0 Å². The van der Waals surface area contributed by atoms with Crippen LogP contribution >= 0.6 is 15.9 Å². The number of fused-ring (bicyclic) bond motifs is 1. The Morgan fingerprint density at radius 1 is 1.00 bits per heavy atom. The summed E-state index contributed by atoms with van der Waals surface area (Å²) in [5, 5.41) is 0. The highest BCUT2D eigenvalue weighted by molar-refractivity contribution is 9.10. The lowest BCUT2D eigenvalue weighted by atomic mass is 9.99. The fourth-order valence-electron chi connectivity index (χ4n) is 2.57. The molecule has 2 aromatic rings. The molecule has 3 rings (SSSR count). The number of benzene rings is 2. The average molecular weight is 302 g/mol. The smallest absolute Gasteiger partial charge is 0.0251 e. The molecular weight excluding hydrogens is 286 g/mol. The largest absolute Gasteiger partial charge is 0.294 e. The molecule has 0 spiro atoms. The van der Waals surface area contributed by atoms with Crippen molar-refractivity contribution >= 4 is 15.9 Å². The Kier molecular flexibility index (Phi) is 3.48. The quantitative estimate of drug-likeness (QED) is 0.810. The molecule has 0 bridgehead atoms. The average Bonchev–Trinajstić information content (AvgIpc) is 2.41. The Hall–Kier alpha value is -1.12. The number of nitrogens with zero attached hydrogens (tertiary/aromatic N) is 1. The molecule has 1 aliphatic rings. The molecule has 2 aromatic carbocycles. The predicted molar refractivity (Wildman–Crippen MR) is 78.4 cm³/mol. The minimum absolute atomic E-state index is 1.04. The zero-order valence-corrected chi connectivity index (χ0v) is 11.9. The topological polar surface area (TPSA) is 3.24 Å². The van der Waals surface area contributed by atoms with Crippen LogP contribution in [0.1, 0.15) is 16.7 Å². The van der Waals surface area contributed by atoms with Crippen LogP contribution in [0, 0.1) is 0 Å². The molecule has 18 heavy (non-hydrogen) atoms. The summed E-state index contributed by atoms with van der Waals surface area (Å²) in [6, 6.07) is 17.2. The molecule has 0 saturated heterocycles. The number of hydrogen-bond donors (Lipinski definition) is 0. The fraction of sp³-hybridized carbons (Fsp3) is 0.250. The third-order valence-electron chi connectivity index (χ3n) is 3.54. The molecule has 1 heterocycles. The lowest BCUT2D eigenvalue weighted by Crippen LogP contribution is -2.30. The van der Waals surface area contributed by atoms with Gasteiger partial charge in [-0.05, 0) is 29.2 Å². The molecule has 0 unspecified atom stereocenters. The van der Waals surface area contributed by atoms with Crippen LogP contribution in [0.3, 0.4) is 0 Å². The first-order chi connectivity index (χ1) is 8.83. The Morgan fingerprint density at radius 3 is 2.67 bits per heavy atom. The molecule has 2 heteroatoms. The zero-order valence-electron chi connectivity index (χ0n) is 10.3. The second-order valence-electron chi connectivity index (χ2n) is 4.82. The van der Waals surface area contributed by atoms with Crippen LogP contribution in [-0.4, -0.2) is 11.4 Å². The molecule has 1 nitrogen and oxygen atoms in total. The van der Waals surface area contributed by atoms with Crippen molar-refractivity contribution in [1.82, 2.24) is 4.90 Å². The van der Waals surface area contributed by atoms with E-state index in [4.69, 9.17) is 0 Å². The van der Waals surface area contributed by atoms with Crippen LogP contribution in [0.25, 0.3) is 0 Å². The second kappa shape index (κ2) is 5.25.